The minimum atomic E-state index is -1.12. The van der Waals surface area contributed by atoms with E-state index < -0.39 is 23.7 Å². The molecule has 142 valence electrons. The zero-order valence-electron chi connectivity index (χ0n) is 15.6. The number of benzene rings is 1. The van der Waals surface area contributed by atoms with Gasteiger partial charge in [-0.25, -0.2) is 15.0 Å². The molecule has 0 saturated heterocycles. The van der Waals surface area contributed by atoms with E-state index in [4.69, 9.17) is 4.74 Å². The maximum Gasteiger partial charge on any atom is 0.410 e. The normalized spacial score (nSPS) is 12.5. The number of amides is 2. The van der Waals surface area contributed by atoms with Crippen molar-refractivity contribution in [1.29, 1.82) is 0 Å². The molecular formula is C18H25N3O5. The summed E-state index contributed by atoms with van der Waals surface area (Å²) in [6.07, 6.45) is 0.921. The molecule has 2 N–H and O–H groups in total. The van der Waals surface area contributed by atoms with E-state index in [1.165, 1.54) is 20.2 Å². The zero-order valence-corrected chi connectivity index (χ0v) is 15.6. The van der Waals surface area contributed by atoms with Gasteiger partial charge in [-0.2, -0.15) is 5.10 Å². The number of likely N-dealkylation sites (N-methyl/N-ethyl adjacent to an activating group) is 1. The van der Waals surface area contributed by atoms with Crippen molar-refractivity contribution < 1.29 is 24.2 Å². The fourth-order valence-electron chi connectivity index (χ4n) is 2.01. The molecule has 1 aromatic rings. The van der Waals surface area contributed by atoms with Crippen molar-refractivity contribution in [2.45, 2.75) is 45.8 Å². The van der Waals surface area contributed by atoms with Crippen LogP contribution >= 0.6 is 0 Å². The monoisotopic (exact) mass is 363 g/mol. The Balaban J connectivity index is 2.81. The Labute approximate surface area is 152 Å². The highest BCUT2D eigenvalue weighted by molar-refractivity contribution is 5.82. The molecule has 0 aliphatic carbocycles. The molecule has 8 nitrogen and oxygen atoms in total. The molecule has 2 amide bonds. The first-order valence-electron chi connectivity index (χ1n) is 8.07. The summed E-state index contributed by atoms with van der Waals surface area (Å²) in [6, 6.07) is 5.92. The predicted molar refractivity (Wildman–Crippen MR) is 97.0 cm³/mol. The molecule has 0 aliphatic rings. The molecule has 0 aliphatic heterocycles. The van der Waals surface area contributed by atoms with Crippen LogP contribution in [-0.4, -0.2) is 52.9 Å². The molecule has 0 heterocycles. The van der Waals surface area contributed by atoms with Crippen molar-refractivity contribution in [3.05, 3.63) is 35.4 Å². The first-order valence-corrected chi connectivity index (χ1v) is 8.07. The Hall–Kier alpha value is -2.90. The van der Waals surface area contributed by atoms with Crippen molar-refractivity contribution in [3.63, 3.8) is 0 Å². The van der Waals surface area contributed by atoms with Gasteiger partial charge in [0.2, 0.25) is 5.91 Å². The third kappa shape index (κ3) is 7.33. The van der Waals surface area contributed by atoms with Crippen LogP contribution in [0.4, 0.5) is 4.79 Å². The van der Waals surface area contributed by atoms with Gasteiger partial charge in [0, 0.05) is 20.4 Å². The Morgan fingerprint density at radius 2 is 1.85 bits per heavy atom. The van der Waals surface area contributed by atoms with Crippen LogP contribution < -0.4 is 5.43 Å². The number of rotatable bonds is 6. The van der Waals surface area contributed by atoms with Gasteiger partial charge in [-0.3, -0.25) is 9.69 Å². The summed E-state index contributed by atoms with van der Waals surface area (Å²) >= 11 is 0. The molecule has 1 unspecified atom stereocenters. The lowest BCUT2D eigenvalue weighted by Gasteiger charge is -2.28. The fraction of sp³-hybridized carbons (Fsp3) is 0.444. The Bertz CT molecular complexity index is 677. The molecular weight excluding hydrogens is 338 g/mol. The number of carbonyl (C=O) groups is 3. The quantitative estimate of drug-likeness (QED) is 0.594. The van der Waals surface area contributed by atoms with Crippen LogP contribution in [0.2, 0.25) is 0 Å². The first-order chi connectivity index (χ1) is 12.0. The Morgan fingerprint density at radius 1 is 1.27 bits per heavy atom. The molecule has 1 rings (SSSR count). The van der Waals surface area contributed by atoms with Crippen molar-refractivity contribution >= 4 is 24.2 Å². The lowest BCUT2D eigenvalue weighted by Crippen LogP contribution is -2.46. The van der Waals surface area contributed by atoms with Gasteiger partial charge in [-0.05, 0) is 31.9 Å². The van der Waals surface area contributed by atoms with Crippen LogP contribution in [0.1, 0.15) is 38.8 Å². The van der Waals surface area contributed by atoms with Crippen LogP contribution in [-0.2, 0) is 20.7 Å². The number of nitrogens with zero attached hydrogens (tertiary/aromatic N) is 2. The number of hydrogen-bond donors (Lipinski definition) is 2. The van der Waals surface area contributed by atoms with Crippen LogP contribution in [0.5, 0.6) is 0 Å². The predicted octanol–water partition coefficient (Wildman–Crippen LogP) is 2.02. The van der Waals surface area contributed by atoms with Gasteiger partial charge in [0.05, 0.1) is 6.21 Å². The lowest BCUT2D eigenvalue weighted by atomic mass is 10.0. The minimum absolute atomic E-state index is 0.133. The highest BCUT2D eigenvalue weighted by atomic mass is 16.6. The van der Waals surface area contributed by atoms with Crippen molar-refractivity contribution in [2.75, 3.05) is 7.05 Å². The van der Waals surface area contributed by atoms with E-state index in [0.717, 1.165) is 16.0 Å². The van der Waals surface area contributed by atoms with E-state index in [1.54, 1.807) is 45.0 Å². The maximum absolute atomic E-state index is 12.1. The number of carbonyl (C=O) groups excluding carboxylic acids is 2. The average Bonchev–Trinajstić information content (AvgIpc) is 2.51. The van der Waals surface area contributed by atoms with Crippen molar-refractivity contribution in [2.24, 2.45) is 5.10 Å². The number of nitrogens with one attached hydrogen (secondary N) is 1. The highest BCUT2D eigenvalue weighted by Crippen LogP contribution is 2.14. The van der Waals surface area contributed by atoms with E-state index in [0.29, 0.717) is 0 Å². The highest BCUT2D eigenvalue weighted by Gasteiger charge is 2.30. The second-order valence-electron chi connectivity index (χ2n) is 6.82. The summed E-state index contributed by atoms with van der Waals surface area (Å²) in [6.45, 7) is 6.51. The number of ether oxygens (including phenoxy) is 1. The lowest BCUT2D eigenvalue weighted by molar-refractivity contribution is -0.142. The van der Waals surface area contributed by atoms with Gasteiger partial charge in [0.25, 0.3) is 0 Å². The standard InChI is InChI=1S/C18H25N3O5/c1-12(22)20-19-11-14-8-6-13(7-9-14)10-15(16(23)24)21(5)17(25)26-18(2,3)4/h6-9,11,15H,10H2,1-5H3,(H,20,22)(H,23,24)/b19-11+. The molecule has 1 atom stereocenters. The van der Waals surface area contributed by atoms with Crippen molar-refractivity contribution in [3.8, 4) is 0 Å². The van der Waals surface area contributed by atoms with E-state index in [2.05, 4.69) is 10.5 Å². The minimum Gasteiger partial charge on any atom is -0.480 e. The third-order valence-corrected chi connectivity index (χ3v) is 3.28. The Kier molecular flexibility index (Phi) is 7.30. The molecule has 1 aromatic carbocycles. The summed E-state index contributed by atoms with van der Waals surface area (Å²) < 4.78 is 5.22. The summed E-state index contributed by atoms with van der Waals surface area (Å²) in [5.74, 6) is -1.39. The average molecular weight is 363 g/mol. The van der Waals surface area contributed by atoms with Gasteiger partial charge in [0.15, 0.2) is 0 Å². The van der Waals surface area contributed by atoms with Crippen LogP contribution in [0.25, 0.3) is 0 Å². The summed E-state index contributed by atoms with van der Waals surface area (Å²) in [5, 5.41) is 13.2. The van der Waals surface area contributed by atoms with Gasteiger partial charge in [-0.15, -0.1) is 0 Å². The number of carboxylic acids is 1. The molecule has 0 aromatic heterocycles. The second kappa shape index (κ2) is 8.98. The molecule has 0 radical (unpaired) electrons. The van der Waals surface area contributed by atoms with Crippen LogP contribution in [0.3, 0.4) is 0 Å². The second-order valence-corrected chi connectivity index (χ2v) is 6.82. The Morgan fingerprint density at radius 3 is 2.31 bits per heavy atom. The third-order valence-electron chi connectivity index (χ3n) is 3.28. The number of aliphatic carboxylic acids is 1. The maximum atomic E-state index is 12.1. The summed E-state index contributed by atoms with van der Waals surface area (Å²) in [7, 11) is 1.40. The first kappa shape index (κ1) is 21.1. The molecule has 0 saturated carbocycles. The molecule has 0 spiro atoms. The topological polar surface area (TPSA) is 108 Å². The summed E-state index contributed by atoms with van der Waals surface area (Å²) in [4.78, 5) is 35.5. The van der Waals surface area contributed by atoms with Crippen LogP contribution in [0.15, 0.2) is 29.4 Å². The smallest absolute Gasteiger partial charge is 0.410 e. The van der Waals surface area contributed by atoms with E-state index >= 15 is 0 Å². The van der Waals surface area contributed by atoms with Gasteiger partial charge < -0.3 is 9.84 Å². The van der Waals surface area contributed by atoms with E-state index in [1.807, 2.05) is 0 Å². The molecule has 26 heavy (non-hydrogen) atoms. The van der Waals surface area contributed by atoms with Gasteiger partial charge >= 0.3 is 12.1 Å². The van der Waals surface area contributed by atoms with Gasteiger partial charge in [-0.1, -0.05) is 24.3 Å². The summed E-state index contributed by atoms with van der Waals surface area (Å²) in [5.41, 5.74) is 3.08. The fourth-order valence-corrected chi connectivity index (χ4v) is 2.01. The van der Waals surface area contributed by atoms with E-state index in [-0.39, 0.29) is 12.3 Å². The molecule has 0 bridgehead atoms. The molecule has 0 fully saturated rings. The van der Waals surface area contributed by atoms with E-state index in [9.17, 15) is 19.5 Å². The number of hydrogen-bond acceptors (Lipinski definition) is 5. The largest absolute Gasteiger partial charge is 0.480 e. The van der Waals surface area contributed by atoms with Crippen LogP contribution in [0, 0.1) is 0 Å². The van der Waals surface area contributed by atoms with Crippen molar-refractivity contribution in [1.82, 2.24) is 10.3 Å². The number of hydrazone groups is 1. The molecule has 8 heteroatoms. The SMILES string of the molecule is CC(=O)N/N=C/c1ccc(CC(C(=O)O)N(C)C(=O)OC(C)(C)C)cc1. The zero-order chi connectivity index (χ0) is 19.9. The number of carboxylic acid groups (broad SMARTS) is 1. The van der Waals surface area contributed by atoms with Gasteiger partial charge in [0.1, 0.15) is 11.6 Å².